The molecule has 0 amide bonds. The SMILES string of the molecule is CCCCCCCCCCCCCCCCCCOC[C@H](COP(=O)(O)OCCC(C)(C)C)OC(C)=O. The van der Waals surface area contributed by atoms with Crippen LogP contribution in [0.2, 0.25) is 0 Å². The second kappa shape index (κ2) is 23.4. The zero-order valence-electron chi connectivity index (χ0n) is 24.8. The molecule has 0 spiro atoms. The molecule has 0 aromatic heterocycles. The molecule has 0 aliphatic heterocycles. The number of rotatable bonds is 26. The van der Waals surface area contributed by atoms with Gasteiger partial charge in [0, 0.05) is 13.5 Å². The van der Waals surface area contributed by atoms with Crippen molar-refractivity contribution in [2.45, 2.75) is 150 Å². The molecule has 0 aliphatic carbocycles. The Hall–Kier alpha value is -0.460. The second-order valence-electron chi connectivity index (χ2n) is 11.5. The number of phosphoric ester groups is 1. The summed E-state index contributed by atoms with van der Waals surface area (Å²) in [4.78, 5) is 21.2. The highest BCUT2D eigenvalue weighted by Crippen LogP contribution is 2.44. The lowest BCUT2D eigenvalue weighted by molar-refractivity contribution is -0.151. The molecule has 1 N–H and O–H groups in total. The van der Waals surface area contributed by atoms with Gasteiger partial charge in [0.05, 0.1) is 19.8 Å². The van der Waals surface area contributed by atoms with Crippen LogP contribution in [0.3, 0.4) is 0 Å². The van der Waals surface area contributed by atoms with Crippen LogP contribution in [0.5, 0.6) is 0 Å². The molecule has 0 rings (SSSR count). The molecule has 222 valence electrons. The number of unbranched alkanes of at least 4 members (excludes halogenated alkanes) is 15. The molecule has 0 heterocycles. The lowest BCUT2D eigenvalue weighted by atomic mass is 9.93. The van der Waals surface area contributed by atoms with E-state index >= 15 is 0 Å². The highest BCUT2D eigenvalue weighted by Gasteiger charge is 2.25. The standard InChI is InChI=1S/C29H59O7P/c1-6-7-8-9-10-11-12-13-14-15-16-17-18-19-20-21-23-33-25-28(36-27(2)30)26-35-37(31,32)34-24-22-29(3,4)5/h28H,6-26H2,1-5H3,(H,31,32)/t28-/m1/s1. The Balaban J connectivity index is 3.71. The Morgan fingerprint density at radius 1 is 0.730 bits per heavy atom. The van der Waals surface area contributed by atoms with Crippen molar-refractivity contribution in [1.82, 2.24) is 0 Å². The Morgan fingerprint density at radius 2 is 1.19 bits per heavy atom. The van der Waals surface area contributed by atoms with E-state index in [1.807, 2.05) is 20.8 Å². The normalized spacial score (nSPS) is 14.4. The lowest BCUT2D eigenvalue weighted by Crippen LogP contribution is -2.27. The van der Waals surface area contributed by atoms with Gasteiger partial charge in [-0.3, -0.25) is 13.8 Å². The van der Waals surface area contributed by atoms with Gasteiger partial charge in [0.25, 0.3) is 0 Å². The number of hydrogen-bond acceptors (Lipinski definition) is 6. The average Bonchev–Trinajstić information content (AvgIpc) is 2.80. The van der Waals surface area contributed by atoms with Crippen LogP contribution in [0.1, 0.15) is 144 Å². The zero-order valence-corrected chi connectivity index (χ0v) is 25.7. The van der Waals surface area contributed by atoms with Crippen LogP contribution in [0.25, 0.3) is 0 Å². The van der Waals surface area contributed by atoms with Crippen LogP contribution in [-0.4, -0.2) is 43.4 Å². The van der Waals surface area contributed by atoms with E-state index < -0.39 is 19.9 Å². The summed E-state index contributed by atoms with van der Waals surface area (Å²) in [7, 11) is -4.20. The topological polar surface area (TPSA) is 91.3 Å². The molecule has 0 saturated carbocycles. The molecule has 1 unspecified atom stereocenters. The quantitative estimate of drug-likeness (QED) is 0.0654. The molecule has 0 aliphatic rings. The fraction of sp³-hybridized carbons (Fsp3) is 0.966. The third-order valence-corrected chi connectivity index (χ3v) is 7.29. The van der Waals surface area contributed by atoms with Gasteiger partial charge in [-0.25, -0.2) is 4.57 Å². The summed E-state index contributed by atoms with van der Waals surface area (Å²) in [6.07, 6.45) is 21.0. The molecule has 8 heteroatoms. The first-order valence-corrected chi connectivity index (χ1v) is 16.4. The van der Waals surface area contributed by atoms with Crippen LogP contribution in [-0.2, 0) is 27.9 Å². The van der Waals surface area contributed by atoms with Crippen LogP contribution in [0.4, 0.5) is 0 Å². The highest BCUT2D eigenvalue weighted by atomic mass is 31.2. The minimum absolute atomic E-state index is 0.0131. The second-order valence-corrected chi connectivity index (χ2v) is 13.0. The molecule has 0 radical (unpaired) electrons. The van der Waals surface area contributed by atoms with Crippen LogP contribution >= 0.6 is 7.82 Å². The maximum atomic E-state index is 12.1. The predicted octanol–water partition coefficient (Wildman–Crippen LogP) is 8.77. The van der Waals surface area contributed by atoms with Gasteiger partial charge < -0.3 is 14.4 Å². The van der Waals surface area contributed by atoms with Crippen molar-refractivity contribution >= 4 is 13.8 Å². The van der Waals surface area contributed by atoms with Crippen molar-refractivity contribution in [2.75, 3.05) is 26.4 Å². The van der Waals surface area contributed by atoms with Gasteiger partial charge in [-0.1, -0.05) is 124 Å². The third kappa shape index (κ3) is 28.4. The molecule has 0 aromatic carbocycles. The summed E-state index contributed by atoms with van der Waals surface area (Å²) in [5.41, 5.74) is -0.0131. The summed E-state index contributed by atoms with van der Waals surface area (Å²) >= 11 is 0. The summed E-state index contributed by atoms with van der Waals surface area (Å²) in [6, 6.07) is 0. The van der Waals surface area contributed by atoms with Gasteiger partial charge in [0.2, 0.25) is 0 Å². The van der Waals surface area contributed by atoms with E-state index in [1.54, 1.807) is 0 Å². The van der Waals surface area contributed by atoms with Gasteiger partial charge in [-0.2, -0.15) is 0 Å². The first-order chi connectivity index (χ1) is 17.6. The van der Waals surface area contributed by atoms with Crippen molar-refractivity contribution in [3.63, 3.8) is 0 Å². The number of phosphoric acid groups is 1. The predicted molar refractivity (Wildman–Crippen MR) is 152 cm³/mol. The van der Waals surface area contributed by atoms with Crippen LogP contribution in [0, 0.1) is 5.41 Å². The van der Waals surface area contributed by atoms with Crippen LogP contribution in [0.15, 0.2) is 0 Å². The zero-order chi connectivity index (χ0) is 27.8. The number of hydrogen-bond donors (Lipinski definition) is 1. The number of carbonyl (C=O) groups is 1. The van der Waals surface area contributed by atoms with Gasteiger partial charge in [0.15, 0.2) is 0 Å². The molecule has 0 fully saturated rings. The van der Waals surface area contributed by atoms with E-state index in [1.165, 1.54) is 96.8 Å². The summed E-state index contributed by atoms with van der Waals surface area (Å²) in [6.45, 7) is 10.2. The molecule has 0 saturated heterocycles. The third-order valence-electron chi connectivity index (χ3n) is 6.31. The first kappa shape index (κ1) is 36.5. The van der Waals surface area contributed by atoms with Crippen LogP contribution < -0.4 is 0 Å². The fourth-order valence-electron chi connectivity index (χ4n) is 4.00. The Bertz CT molecular complexity index is 577. The molecule has 0 aromatic rings. The van der Waals surface area contributed by atoms with Gasteiger partial charge >= 0.3 is 13.8 Å². The lowest BCUT2D eigenvalue weighted by Gasteiger charge is -2.21. The molecule has 2 atom stereocenters. The largest absolute Gasteiger partial charge is 0.472 e. The summed E-state index contributed by atoms with van der Waals surface area (Å²) in [5, 5.41) is 0. The minimum Gasteiger partial charge on any atom is -0.458 e. The van der Waals surface area contributed by atoms with Crippen molar-refractivity contribution in [3.05, 3.63) is 0 Å². The highest BCUT2D eigenvalue weighted by molar-refractivity contribution is 7.47. The Morgan fingerprint density at radius 3 is 1.62 bits per heavy atom. The molecular weight excluding hydrogens is 491 g/mol. The Kier molecular flexibility index (Phi) is 23.1. The van der Waals surface area contributed by atoms with Crippen molar-refractivity contribution < 1.29 is 32.8 Å². The summed E-state index contributed by atoms with van der Waals surface area (Å²) < 4.78 is 32.9. The smallest absolute Gasteiger partial charge is 0.458 e. The van der Waals surface area contributed by atoms with Gasteiger partial charge in [-0.15, -0.1) is 0 Å². The minimum atomic E-state index is -4.20. The molecule has 0 bridgehead atoms. The van der Waals surface area contributed by atoms with Gasteiger partial charge in [0.1, 0.15) is 6.10 Å². The fourth-order valence-corrected chi connectivity index (χ4v) is 4.75. The molecule has 7 nitrogen and oxygen atoms in total. The van der Waals surface area contributed by atoms with Crippen molar-refractivity contribution in [3.8, 4) is 0 Å². The Labute approximate surface area is 228 Å². The maximum Gasteiger partial charge on any atom is 0.472 e. The number of esters is 1. The molecule has 37 heavy (non-hydrogen) atoms. The van der Waals surface area contributed by atoms with E-state index in [-0.39, 0.29) is 25.2 Å². The molecular formula is C29H59O7P. The van der Waals surface area contributed by atoms with E-state index in [4.69, 9.17) is 18.5 Å². The first-order valence-electron chi connectivity index (χ1n) is 14.9. The van der Waals surface area contributed by atoms with Gasteiger partial charge in [-0.05, 0) is 18.3 Å². The van der Waals surface area contributed by atoms with E-state index in [0.29, 0.717) is 13.0 Å². The maximum absolute atomic E-state index is 12.1. The van der Waals surface area contributed by atoms with E-state index in [0.717, 1.165) is 12.8 Å². The monoisotopic (exact) mass is 550 g/mol. The average molecular weight is 551 g/mol. The summed E-state index contributed by atoms with van der Waals surface area (Å²) in [5.74, 6) is -0.485. The number of carbonyl (C=O) groups excluding carboxylic acids is 1. The van der Waals surface area contributed by atoms with E-state index in [9.17, 15) is 14.3 Å². The van der Waals surface area contributed by atoms with E-state index in [2.05, 4.69) is 6.92 Å². The van der Waals surface area contributed by atoms with Crippen molar-refractivity contribution in [2.24, 2.45) is 5.41 Å². The van der Waals surface area contributed by atoms with Crippen molar-refractivity contribution in [1.29, 1.82) is 0 Å². The number of ether oxygens (including phenoxy) is 2.